The number of likely N-dealkylation sites (tertiary alicyclic amines) is 1. The van der Waals surface area contributed by atoms with Gasteiger partial charge in [0.25, 0.3) is 0 Å². The van der Waals surface area contributed by atoms with E-state index in [1.54, 1.807) is 0 Å². The lowest BCUT2D eigenvalue weighted by Gasteiger charge is -2.38. The van der Waals surface area contributed by atoms with Gasteiger partial charge in [-0.05, 0) is 64.2 Å². The van der Waals surface area contributed by atoms with E-state index in [-0.39, 0.29) is 0 Å². The third kappa shape index (κ3) is 6.12. The minimum Gasteiger partial charge on any atom is -0.314 e. The Bertz CT molecular complexity index is 187. The fraction of sp³-hybridized carbons (Fsp3) is 1.00. The van der Waals surface area contributed by atoms with Gasteiger partial charge < -0.3 is 10.2 Å². The third-order valence-corrected chi connectivity index (χ3v) is 4.50. The van der Waals surface area contributed by atoms with Crippen LogP contribution in [0.4, 0.5) is 0 Å². The molecule has 2 unspecified atom stereocenters. The van der Waals surface area contributed by atoms with Crippen LogP contribution in [0.5, 0.6) is 0 Å². The zero-order valence-electron chi connectivity index (χ0n) is 11.9. The lowest BCUT2D eigenvalue weighted by molar-refractivity contribution is 0.134. The molecular formula is C14H30N2S. The number of thioether (sulfide) groups is 1. The molecule has 0 aliphatic carbocycles. The third-order valence-electron chi connectivity index (χ3n) is 3.80. The average molecular weight is 258 g/mol. The lowest BCUT2D eigenvalue weighted by atomic mass is 9.98. The molecule has 0 aromatic rings. The summed E-state index contributed by atoms with van der Waals surface area (Å²) in [6.45, 7) is 8.33. The van der Waals surface area contributed by atoms with Gasteiger partial charge in [-0.3, -0.25) is 0 Å². The summed E-state index contributed by atoms with van der Waals surface area (Å²) in [5.74, 6) is 1.33. The average Bonchev–Trinajstić information content (AvgIpc) is 2.32. The molecular weight excluding hydrogens is 228 g/mol. The van der Waals surface area contributed by atoms with Crippen LogP contribution < -0.4 is 5.32 Å². The topological polar surface area (TPSA) is 15.3 Å². The SMILES string of the molecule is CCNC1CCN(CCCCCSC)C(C)C1. The van der Waals surface area contributed by atoms with Crippen molar-refractivity contribution in [1.29, 1.82) is 0 Å². The van der Waals surface area contributed by atoms with Gasteiger partial charge in [0.15, 0.2) is 0 Å². The van der Waals surface area contributed by atoms with E-state index in [0.717, 1.165) is 18.6 Å². The predicted molar refractivity (Wildman–Crippen MR) is 80.0 cm³/mol. The Labute approximate surface area is 112 Å². The van der Waals surface area contributed by atoms with E-state index in [2.05, 4.69) is 30.3 Å². The summed E-state index contributed by atoms with van der Waals surface area (Å²) in [4.78, 5) is 2.69. The van der Waals surface area contributed by atoms with E-state index < -0.39 is 0 Å². The number of hydrogen-bond acceptors (Lipinski definition) is 3. The van der Waals surface area contributed by atoms with Crippen molar-refractivity contribution in [3.05, 3.63) is 0 Å². The highest BCUT2D eigenvalue weighted by Crippen LogP contribution is 2.18. The van der Waals surface area contributed by atoms with Crippen molar-refractivity contribution in [2.45, 2.75) is 58.0 Å². The number of unbranched alkanes of at least 4 members (excludes halogenated alkanes) is 2. The molecule has 1 aliphatic heterocycles. The van der Waals surface area contributed by atoms with Crippen LogP contribution in [0.25, 0.3) is 0 Å². The number of rotatable bonds is 8. The summed E-state index contributed by atoms with van der Waals surface area (Å²) in [5.41, 5.74) is 0. The van der Waals surface area contributed by atoms with Gasteiger partial charge in [0.1, 0.15) is 0 Å². The Morgan fingerprint density at radius 2 is 2.12 bits per heavy atom. The molecule has 0 aromatic heterocycles. The predicted octanol–water partition coefficient (Wildman–Crippen LogP) is 2.98. The minimum atomic E-state index is 0.766. The normalized spacial score (nSPS) is 26.3. The second-order valence-electron chi connectivity index (χ2n) is 5.22. The Morgan fingerprint density at radius 1 is 1.29 bits per heavy atom. The van der Waals surface area contributed by atoms with Gasteiger partial charge in [0, 0.05) is 12.1 Å². The molecule has 1 rings (SSSR count). The van der Waals surface area contributed by atoms with Gasteiger partial charge in [-0.1, -0.05) is 13.3 Å². The van der Waals surface area contributed by atoms with Crippen LogP contribution in [0.3, 0.4) is 0 Å². The van der Waals surface area contributed by atoms with Crippen LogP contribution in [0, 0.1) is 0 Å². The van der Waals surface area contributed by atoms with Gasteiger partial charge in [0.05, 0.1) is 0 Å². The van der Waals surface area contributed by atoms with Crippen molar-refractivity contribution in [2.24, 2.45) is 0 Å². The van der Waals surface area contributed by atoms with Crippen molar-refractivity contribution in [1.82, 2.24) is 10.2 Å². The summed E-state index contributed by atoms with van der Waals surface area (Å²) in [5, 5.41) is 3.59. The Kier molecular flexibility index (Phi) is 8.33. The summed E-state index contributed by atoms with van der Waals surface area (Å²) in [6.07, 6.45) is 9.05. The van der Waals surface area contributed by atoms with Crippen LogP contribution >= 0.6 is 11.8 Å². The maximum atomic E-state index is 3.59. The van der Waals surface area contributed by atoms with Crippen molar-refractivity contribution in [2.75, 3.05) is 31.6 Å². The zero-order valence-corrected chi connectivity index (χ0v) is 12.7. The molecule has 0 aromatic carbocycles. The summed E-state index contributed by atoms with van der Waals surface area (Å²) >= 11 is 1.97. The summed E-state index contributed by atoms with van der Waals surface area (Å²) in [6, 6.07) is 1.54. The number of piperidine rings is 1. The molecule has 0 bridgehead atoms. The molecule has 0 radical (unpaired) electrons. The van der Waals surface area contributed by atoms with Crippen molar-refractivity contribution >= 4 is 11.8 Å². The van der Waals surface area contributed by atoms with Gasteiger partial charge in [0.2, 0.25) is 0 Å². The Hall–Kier alpha value is 0.270. The van der Waals surface area contributed by atoms with Crippen molar-refractivity contribution < 1.29 is 0 Å². The molecule has 2 atom stereocenters. The first-order valence-corrected chi connectivity index (χ1v) is 8.63. The Balaban J connectivity index is 2.10. The van der Waals surface area contributed by atoms with Crippen LogP contribution in [-0.2, 0) is 0 Å². The number of hydrogen-bond donors (Lipinski definition) is 1. The van der Waals surface area contributed by atoms with Crippen LogP contribution in [0.15, 0.2) is 0 Å². The van der Waals surface area contributed by atoms with Gasteiger partial charge in [-0.2, -0.15) is 11.8 Å². The molecule has 2 nitrogen and oxygen atoms in total. The molecule has 0 amide bonds. The highest BCUT2D eigenvalue weighted by atomic mass is 32.2. The highest BCUT2D eigenvalue weighted by Gasteiger charge is 2.23. The number of nitrogens with zero attached hydrogens (tertiary/aromatic N) is 1. The van der Waals surface area contributed by atoms with Gasteiger partial charge >= 0.3 is 0 Å². The van der Waals surface area contributed by atoms with Gasteiger partial charge in [-0.15, -0.1) is 0 Å². The lowest BCUT2D eigenvalue weighted by Crippen LogP contribution is -2.47. The zero-order chi connectivity index (χ0) is 12.5. The second kappa shape index (κ2) is 9.23. The summed E-state index contributed by atoms with van der Waals surface area (Å²) < 4.78 is 0. The molecule has 3 heteroatoms. The monoisotopic (exact) mass is 258 g/mol. The molecule has 1 aliphatic rings. The van der Waals surface area contributed by atoms with Crippen molar-refractivity contribution in [3.63, 3.8) is 0 Å². The smallest absolute Gasteiger partial charge is 0.00939 e. The summed E-state index contributed by atoms with van der Waals surface area (Å²) in [7, 11) is 0. The molecule has 0 spiro atoms. The first-order valence-electron chi connectivity index (χ1n) is 7.24. The van der Waals surface area contributed by atoms with Gasteiger partial charge in [-0.25, -0.2) is 0 Å². The maximum absolute atomic E-state index is 3.59. The van der Waals surface area contributed by atoms with E-state index in [4.69, 9.17) is 0 Å². The largest absolute Gasteiger partial charge is 0.314 e. The molecule has 1 fully saturated rings. The van der Waals surface area contributed by atoms with Crippen molar-refractivity contribution in [3.8, 4) is 0 Å². The maximum Gasteiger partial charge on any atom is 0.00939 e. The van der Waals surface area contributed by atoms with Crippen LogP contribution in [-0.4, -0.2) is 48.6 Å². The van der Waals surface area contributed by atoms with Crippen LogP contribution in [0.1, 0.15) is 46.0 Å². The van der Waals surface area contributed by atoms with E-state index >= 15 is 0 Å². The second-order valence-corrected chi connectivity index (χ2v) is 6.20. The first-order chi connectivity index (χ1) is 8.27. The van der Waals surface area contributed by atoms with E-state index in [9.17, 15) is 0 Å². The fourth-order valence-electron chi connectivity index (χ4n) is 2.77. The fourth-order valence-corrected chi connectivity index (χ4v) is 3.26. The molecule has 17 heavy (non-hydrogen) atoms. The van der Waals surface area contributed by atoms with E-state index in [1.807, 2.05) is 11.8 Å². The molecule has 0 saturated carbocycles. The molecule has 1 heterocycles. The van der Waals surface area contributed by atoms with Crippen LogP contribution in [0.2, 0.25) is 0 Å². The molecule has 1 saturated heterocycles. The Morgan fingerprint density at radius 3 is 2.76 bits per heavy atom. The quantitative estimate of drug-likeness (QED) is 0.674. The first kappa shape index (κ1) is 15.3. The molecule has 1 N–H and O–H groups in total. The minimum absolute atomic E-state index is 0.766. The highest BCUT2D eigenvalue weighted by molar-refractivity contribution is 7.98. The van der Waals surface area contributed by atoms with E-state index in [1.165, 1.54) is 50.9 Å². The standard InChI is InChI=1S/C14H30N2S/c1-4-15-14-8-10-16(13(2)12-14)9-6-5-7-11-17-3/h13-15H,4-12H2,1-3H3. The van der Waals surface area contributed by atoms with E-state index in [0.29, 0.717) is 0 Å². The number of nitrogens with one attached hydrogen (secondary N) is 1. The molecule has 102 valence electrons.